The van der Waals surface area contributed by atoms with E-state index in [9.17, 15) is 0 Å². The Kier molecular flexibility index (Phi) is 2.83. The third kappa shape index (κ3) is 2.60. The highest BCUT2D eigenvalue weighted by atomic mass is 14.7. The Morgan fingerprint density at radius 2 is 2.27 bits per heavy atom. The molecule has 1 aromatic carbocycles. The number of hydrogen-bond acceptors (Lipinski definition) is 1. The molecule has 15 heavy (non-hydrogen) atoms. The van der Waals surface area contributed by atoms with Crippen molar-refractivity contribution in [3.05, 3.63) is 35.4 Å². The lowest BCUT2D eigenvalue weighted by molar-refractivity contribution is 0.329. The van der Waals surface area contributed by atoms with E-state index in [4.69, 9.17) is 5.73 Å². The summed E-state index contributed by atoms with van der Waals surface area (Å²) < 4.78 is 0. The quantitative estimate of drug-likeness (QED) is 0.785. The van der Waals surface area contributed by atoms with Gasteiger partial charge in [0.15, 0.2) is 0 Å². The molecule has 1 aromatic rings. The molecule has 2 rings (SSSR count). The maximum atomic E-state index is 5.99. The zero-order valence-electron chi connectivity index (χ0n) is 9.79. The van der Waals surface area contributed by atoms with E-state index < -0.39 is 0 Å². The zero-order valence-corrected chi connectivity index (χ0v) is 9.79. The number of benzene rings is 1. The van der Waals surface area contributed by atoms with Gasteiger partial charge in [-0.3, -0.25) is 0 Å². The number of rotatable bonds is 2. The normalized spacial score (nSPS) is 30.7. The first kappa shape index (κ1) is 10.7. The van der Waals surface area contributed by atoms with E-state index in [1.165, 1.54) is 36.8 Å². The molecule has 0 saturated heterocycles. The molecule has 1 aliphatic rings. The monoisotopic (exact) mass is 203 g/mol. The van der Waals surface area contributed by atoms with Gasteiger partial charge in [0.25, 0.3) is 0 Å². The lowest BCUT2D eigenvalue weighted by Crippen LogP contribution is -2.21. The SMILES string of the molecule is Cc1cccc(CC2(C)CCC(N)C2)c1. The number of hydrogen-bond donors (Lipinski definition) is 1. The van der Waals surface area contributed by atoms with Crippen LogP contribution in [-0.2, 0) is 6.42 Å². The van der Waals surface area contributed by atoms with Gasteiger partial charge in [0, 0.05) is 6.04 Å². The van der Waals surface area contributed by atoms with Gasteiger partial charge in [-0.1, -0.05) is 36.8 Å². The molecule has 1 aliphatic carbocycles. The van der Waals surface area contributed by atoms with Gasteiger partial charge in [-0.25, -0.2) is 0 Å². The minimum atomic E-state index is 0.430. The topological polar surface area (TPSA) is 26.0 Å². The molecule has 1 heteroatoms. The predicted molar refractivity (Wildman–Crippen MR) is 64.8 cm³/mol. The summed E-state index contributed by atoms with van der Waals surface area (Å²) in [5, 5.41) is 0. The fraction of sp³-hybridized carbons (Fsp3) is 0.571. The van der Waals surface area contributed by atoms with Crippen molar-refractivity contribution in [2.45, 2.75) is 45.6 Å². The zero-order chi connectivity index (χ0) is 10.9. The standard InChI is InChI=1S/C14H21N/c1-11-4-3-5-12(8-11)9-14(2)7-6-13(15)10-14/h3-5,8,13H,6-7,9-10,15H2,1-2H3. The van der Waals surface area contributed by atoms with Crippen LogP contribution >= 0.6 is 0 Å². The van der Waals surface area contributed by atoms with Crippen molar-refractivity contribution in [3.63, 3.8) is 0 Å². The molecular weight excluding hydrogens is 182 g/mol. The van der Waals surface area contributed by atoms with E-state index in [0.29, 0.717) is 11.5 Å². The van der Waals surface area contributed by atoms with E-state index in [1.807, 2.05) is 0 Å². The summed E-state index contributed by atoms with van der Waals surface area (Å²) in [6.07, 6.45) is 4.84. The maximum absolute atomic E-state index is 5.99. The smallest absolute Gasteiger partial charge is 0.00443 e. The predicted octanol–water partition coefficient (Wildman–Crippen LogP) is 3.06. The molecule has 0 aliphatic heterocycles. The highest BCUT2D eigenvalue weighted by Gasteiger charge is 2.33. The minimum Gasteiger partial charge on any atom is -0.328 e. The molecule has 82 valence electrons. The van der Waals surface area contributed by atoms with Crippen LogP contribution in [0.25, 0.3) is 0 Å². The molecule has 0 aromatic heterocycles. The third-order valence-electron chi connectivity index (χ3n) is 3.59. The fourth-order valence-corrected chi connectivity index (χ4v) is 2.85. The maximum Gasteiger partial charge on any atom is 0.00443 e. The molecule has 0 spiro atoms. The fourth-order valence-electron chi connectivity index (χ4n) is 2.85. The molecule has 1 saturated carbocycles. The highest BCUT2D eigenvalue weighted by molar-refractivity contribution is 5.23. The van der Waals surface area contributed by atoms with E-state index >= 15 is 0 Å². The van der Waals surface area contributed by atoms with E-state index in [-0.39, 0.29) is 0 Å². The van der Waals surface area contributed by atoms with E-state index in [2.05, 4.69) is 38.1 Å². The largest absolute Gasteiger partial charge is 0.328 e. The average Bonchev–Trinajstić information content (AvgIpc) is 2.45. The Morgan fingerprint density at radius 1 is 1.47 bits per heavy atom. The van der Waals surface area contributed by atoms with Gasteiger partial charge >= 0.3 is 0 Å². The van der Waals surface area contributed by atoms with Crippen LogP contribution in [0.2, 0.25) is 0 Å². The van der Waals surface area contributed by atoms with Crippen molar-refractivity contribution >= 4 is 0 Å². The van der Waals surface area contributed by atoms with Crippen LogP contribution in [-0.4, -0.2) is 6.04 Å². The first-order valence-corrected chi connectivity index (χ1v) is 5.89. The first-order valence-electron chi connectivity index (χ1n) is 5.89. The lowest BCUT2D eigenvalue weighted by Gasteiger charge is -2.24. The van der Waals surface area contributed by atoms with Crippen molar-refractivity contribution in [3.8, 4) is 0 Å². The third-order valence-corrected chi connectivity index (χ3v) is 3.59. The van der Waals surface area contributed by atoms with Crippen LogP contribution < -0.4 is 5.73 Å². The molecule has 0 amide bonds. The van der Waals surface area contributed by atoms with Gasteiger partial charge in [0.1, 0.15) is 0 Å². The van der Waals surface area contributed by atoms with Crippen molar-refractivity contribution in [1.82, 2.24) is 0 Å². The van der Waals surface area contributed by atoms with Gasteiger partial charge < -0.3 is 5.73 Å². The second-order valence-corrected chi connectivity index (χ2v) is 5.48. The molecule has 2 unspecified atom stereocenters. The summed E-state index contributed by atoms with van der Waals surface area (Å²) >= 11 is 0. The van der Waals surface area contributed by atoms with Gasteiger partial charge in [-0.05, 0) is 43.6 Å². The Bertz CT molecular complexity index is 345. The van der Waals surface area contributed by atoms with Crippen molar-refractivity contribution in [2.24, 2.45) is 11.1 Å². The number of nitrogens with two attached hydrogens (primary N) is 1. The molecule has 2 N–H and O–H groups in total. The van der Waals surface area contributed by atoms with Crippen LogP contribution in [0.1, 0.15) is 37.3 Å². The summed E-state index contributed by atoms with van der Waals surface area (Å²) in [5.74, 6) is 0. The second-order valence-electron chi connectivity index (χ2n) is 5.48. The molecule has 2 atom stereocenters. The Balaban J connectivity index is 2.08. The Labute approximate surface area is 92.7 Å². The minimum absolute atomic E-state index is 0.430. The summed E-state index contributed by atoms with van der Waals surface area (Å²) in [6.45, 7) is 4.54. The van der Waals surface area contributed by atoms with Crippen LogP contribution in [0.4, 0.5) is 0 Å². The molecule has 1 fully saturated rings. The Morgan fingerprint density at radius 3 is 2.87 bits per heavy atom. The van der Waals surface area contributed by atoms with Crippen molar-refractivity contribution < 1.29 is 0 Å². The highest BCUT2D eigenvalue weighted by Crippen LogP contribution is 2.39. The molecular formula is C14H21N. The van der Waals surface area contributed by atoms with Crippen molar-refractivity contribution in [2.75, 3.05) is 0 Å². The molecule has 0 heterocycles. The van der Waals surface area contributed by atoms with Crippen LogP contribution in [0.15, 0.2) is 24.3 Å². The first-order chi connectivity index (χ1) is 7.07. The summed E-state index contributed by atoms with van der Waals surface area (Å²) in [6, 6.07) is 9.28. The molecule has 1 nitrogen and oxygen atoms in total. The lowest BCUT2D eigenvalue weighted by atomic mass is 9.82. The van der Waals surface area contributed by atoms with Gasteiger partial charge in [0.05, 0.1) is 0 Å². The summed E-state index contributed by atoms with van der Waals surface area (Å²) in [4.78, 5) is 0. The van der Waals surface area contributed by atoms with E-state index in [0.717, 1.165) is 0 Å². The average molecular weight is 203 g/mol. The van der Waals surface area contributed by atoms with Crippen LogP contribution in [0.5, 0.6) is 0 Å². The molecule has 0 radical (unpaired) electrons. The number of aryl methyl sites for hydroxylation is 1. The Hall–Kier alpha value is -0.820. The second kappa shape index (κ2) is 3.97. The van der Waals surface area contributed by atoms with Crippen molar-refractivity contribution in [1.29, 1.82) is 0 Å². The van der Waals surface area contributed by atoms with Gasteiger partial charge in [0.2, 0.25) is 0 Å². The molecule has 0 bridgehead atoms. The summed E-state index contributed by atoms with van der Waals surface area (Å²) in [5.41, 5.74) is 9.26. The van der Waals surface area contributed by atoms with E-state index in [1.54, 1.807) is 0 Å². The van der Waals surface area contributed by atoms with Gasteiger partial charge in [-0.15, -0.1) is 0 Å². The van der Waals surface area contributed by atoms with Crippen LogP contribution in [0.3, 0.4) is 0 Å². The summed E-state index contributed by atoms with van der Waals surface area (Å²) in [7, 11) is 0. The van der Waals surface area contributed by atoms with Crippen LogP contribution in [0, 0.1) is 12.3 Å². The van der Waals surface area contributed by atoms with Gasteiger partial charge in [-0.2, -0.15) is 0 Å².